The monoisotopic (exact) mass is 587 g/mol. The molecule has 1 aliphatic heterocycles. The fourth-order valence-corrected chi connectivity index (χ4v) is 6.10. The molecule has 0 atom stereocenters. The SMILES string of the molecule is Cc1cnc(Nc2ccc(N3CCN(C)CC3)cc2)nc1Nc1cc(Br)cc(S(=O)(=O)NC(C)(C)C)c1. The molecule has 1 aliphatic rings. The first-order valence-electron chi connectivity index (χ1n) is 12.1. The van der Waals surface area contributed by atoms with Gasteiger partial charge in [-0.1, -0.05) is 15.9 Å². The van der Waals surface area contributed by atoms with Crippen LogP contribution in [0.2, 0.25) is 0 Å². The van der Waals surface area contributed by atoms with E-state index in [-0.39, 0.29) is 4.90 Å². The number of rotatable bonds is 7. The summed E-state index contributed by atoms with van der Waals surface area (Å²) in [6.07, 6.45) is 1.73. The van der Waals surface area contributed by atoms with Crippen LogP contribution in [0.1, 0.15) is 26.3 Å². The van der Waals surface area contributed by atoms with Crippen LogP contribution in [0.25, 0.3) is 0 Å². The van der Waals surface area contributed by atoms with Gasteiger partial charge >= 0.3 is 0 Å². The Balaban J connectivity index is 1.50. The molecule has 11 heteroatoms. The van der Waals surface area contributed by atoms with Crippen molar-refractivity contribution in [2.45, 2.75) is 38.1 Å². The van der Waals surface area contributed by atoms with E-state index < -0.39 is 15.6 Å². The lowest BCUT2D eigenvalue weighted by atomic mass is 10.1. The van der Waals surface area contributed by atoms with E-state index in [0.717, 1.165) is 37.4 Å². The van der Waals surface area contributed by atoms with Crippen molar-refractivity contribution in [3.8, 4) is 0 Å². The van der Waals surface area contributed by atoms with Crippen LogP contribution in [0.3, 0.4) is 0 Å². The van der Waals surface area contributed by atoms with Crippen LogP contribution in [-0.2, 0) is 10.0 Å². The second-order valence-electron chi connectivity index (χ2n) is 10.3. The van der Waals surface area contributed by atoms with Gasteiger partial charge < -0.3 is 20.4 Å². The van der Waals surface area contributed by atoms with Gasteiger partial charge in [0.1, 0.15) is 5.82 Å². The highest BCUT2D eigenvalue weighted by Gasteiger charge is 2.23. The lowest BCUT2D eigenvalue weighted by molar-refractivity contribution is 0.313. The molecule has 0 radical (unpaired) electrons. The molecule has 0 aliphatic carbocycles. The summed E-state index contributed by atoms with van der Waals surface area (Å²) in [5.41, 5.74) is 2.91. The lowest BCUT2D eigenvalue weighted by Gasteiger charge is -2.34. The topological polar surface area (TPSA) is 102 Å². The number of sulfonamides is 1. The molecule has 1 saturated heterocycles. The molecule has 0 spiro atoms. The summed E-state index contributed by atoms with van der Waals surface area (Å²) in [7, 11) is -1.55. The van der Waals surface area contributed by atoms with Gasteiger partial charge in [0.05, 0.1) is 4.90 Å². The number of hydrogen-bond donors (Lipinski definition) is 3. The van der Waals surface area contributed by atoms with Crippen molar-refractivity contribution < 1.29 is 8.42 Å². The maximum atomic E-state index is 12.9. The minimum absolute atomic E-state index is 0.157. The van der Waals surface area contributed by atoms with Crippen LogP contribution in [0.15, 0.2) is 58.0 Å². The number of anilines is 5. The molecule has 0 amide bonds. The van der Waals surface area contributed by atoms with Gasteiger partial charge in [0.2, 0.25) is 16.0 Å². The summed E-state index contributed by atoms with van der Waals surface area (Å²) >= 11 is 3.43. The average Bonchev–Trinajstić information content (AvgIpc) is 2.80. The summed E-state index contributed by atoms with van der Waals surface area (Å²) in [5, 5.41) is 6.51. The third-order valence-electron chi connectivity index (χ3n) is 5.85. The summed E-state index contributed by atoms with van der Waals surface area (Å²) in [6, 6.07) is 13.2. The van der Waals surface area contributed by atoms with Crippen molar-refractivity contribution in [2.24, 2.45) is 0 Å². The molecule has 3 aromatic rings. The van der Waals surface area contributed by atoms with E-state index in [2.05, 4.69) is 70.2 Å². The third-order valence-corrected chi connectivity index (χ3v) is 8.04. The van der Waals surface area contributed by atoms with Crippen LogP contribution < -0.4 is 20.3 Å². The van der Waals surface area contributed by atoms with Gasteiger partial charge in [0.15, 0.2) is 0 Å². The van der Waals surface area contributed by atoms with Gasteiger partial charge in [-0.3, -0.25) is 0 Å². The molecule has 198 valence electrons. The van der Waals surface area contributed by atoms with Crippen molar-refractivity contribution >= 4 is 54.8 Å². The number of benzene rings is 2. The molecule has 2 aromatic carbocycles. The van der Waals surface area contributed by atoms with E-state index in [1.807, 2.05) is 25.1 Å². The fraction of sp³-hybridized carbons (Fsp3) is 0.385. The Labute approximate surface area is 227 Å². The molecule has 4 rings (SSSR count). The number of piperazine rings is 1. The summed E-state index contributed by atoms with van der Waals surface area (Å²) in [6.45, 7) is 11.5. The van der Waals surface area contributed by atoms with Crippen molar-refractivity contribution in [1.29, 1.82) is 0 Å². The Bertz CT molecular complexity index is 1350. The van der Waals surface area contributed by atoms with E-state index in [9.17, 15) is 8.42 Å². The van der Waals surface area contributed by atoms with Crippen LogP contribution in [0.4, 0.5) is 28.8 Å². The van der Waals surface area contributed by atoms with Crippen molar-refractivity contribution in [1.82, 2.24) is 19.6 Å². The molecular formula is C26H34BrN7O2S. The van der Waals surface area contributed by atoms with Crippen LogP contribution >= 0.6 is 15.9 Å². The molecule has 0 saturated carbocycles. The fourth-order valence-electron chi connectivity index (χ4n) is 3.97. The third kappa shape index (κ3) is 7.41. The summed E-state index contributed by atoms with van der Waals surface area (Å²) < 4.78 is 29.1. The van der Waals surface area contributed by atoms with E-state index in [1.165, 1.54) is 5.69 Å². The van der Waals surface area contributed by atoms with Gasteiger partial charge in [-0.15, -0.1) is 0 Å². The van der Waals surface area contributed by atoms with Crippen molar-refractivity contribution in [3.05, 3.63) is 58.7 Å². The molecule has 9 nitrogen and oxygen atoms in total. The Morgan fingerprint density at radius 2 is 1.62 bits per heavy atom. The first-order valence-corrected chi connectivity index (χ1v) is 14.4. The molecular weight excluding hydrogens is 554 g/mol. The Hall–Kier alpha value is -2.73. The first kappa shape index (κ1) is 27.3. The second-order valence-corrected chi connectivity index (χ2v) is 12.9. The minimum atomic E-state index is -3.70. The molecule has 2 heterocycles. The zero-order chi connectivity index (χ0) is 26.8. The van der Waals surface area contributed by atoms with Crippen LogP contribution in [-0.4, -0.2) is 62.1 Å². The number of hydrogen-bond acceptors (Lipinski definition) is 8. The van der Waals surface area contributed by atoms with E-state index >= 15 is 0 Å². The van der Waals surface area contributed by atoms with Crippen LogP contribution in [0, 0.1) is 6.92 Å². The molecule has 1 aromatic heterocycles. The zero-order valence-electron chi connectivity index (χ0n) is 21.8. The lowest BCUT2D eigenvalue weighted by Crippen LogP contribution is -2.44. The number of aromatic nitrogens is 2. The van der Waals surface area contributed by atoms with Gasteiger partial charge in [0.25, 0.3) is 0 Å². The number of halogens is 1. The average molecular weight is 589 g/mol. The smallest absolute Gasteiger partial charge is 0.241 e. The largest absolute Gasteiger partial charge is 0.369 e. The zero-order valence-corrected chi connectivity index (χ0v) is 24.2. The van der Waals surface area contributed by atoms with E-state index in [4.69, 9.17) is 0 Å². The molecule has 0 unspecified atom stereocenters. The van der Waals surface area contributed by atoms with E-state index in [0.29, 0.717) is 21.9 Å². The molecule has 0 bridgehead atoms. The van der Waals surface area contributed by atoms with Crippen molar-refractivity contribution in [2.75, 3.05) is 48.8 Å². The van der Waals surface area contributed by atoms with Gasteiger partial charge in [0, 0.05) is 65.0 Å². The van der Waals surface area contributed by atoms with Gasteiger partial charge in [-0.25, -0.2) is 18.1 Å². The minimum Gasteiger partial charge on any atom is -0.369 e. The molecule has 37 heavy (non-hydrogen) atoms. The highest BCUT2D eigenvalue weighted by molar-refractivity contribution is 9.10. The Morgan fingerprint density at radius 3 is 2.27 bits per heavy atom. The number of aryl methyl sites for hydroxylation is 1. The molecule has 3 N–H and O–H groups in total. The second kappa shape index (κ2) is 10.9. The highest BCUT2D eigenvalue weighted by atomic mass is 79.9. The van der Waals surface area contributed by atoms with Crippen LogP contribution in [0.5, 0.6) is 0 Å². The normalized spacial score (nSPS) is 15.0. The highest BCUT2D eigenvalue weighted by Crippen LogP contribution is 2.28. The van der Waals surface area contributed by atoms with Crippen molar-refractivity contribution in [3.63, 3.8) is 0 Å². The maximum absolute atomic E-state index is 12.9. The Morgan fingerprint density at radius 1 is 0.946 bits per heavy atom. The number of nitrogens with one attached hydrogen (secondary N) is 3. The number of likely N-dealkylation sites (N-methyl/N-ethyl adjacent to an activating group) is 1. The summed E-state index contributed by atoms with van der Waals surface area (Å²) in [4.78, 5) is 13.9. The van der Waals surface area contributed by atoms with Gasteiger partial charge in [-0.2, -0.15) is 4.98 Å². The number of nitrogens with zero attached hydrogens (tertiary/aromatic N) is 4. The Kier molecular flexibility index (Phi) is 8.08. The van der Waals surface area contributed by atoms with Gasteiger partial charge in [-0.05, 0) is 77.2 Å². The predicted molar refractivity (Wildman–Crippen MR) is 154 cm³/mol. The summed E-state index contributed by atoms with van der Waals surface area (Å²) in [5.74, 6) is 1.02. The maximum Gasteiger partial charge on any atom is 0.241 e. The standard InChI is InChI=1S/C26H34BrN7O2S/c1-18-17-28-25(30-20-6-8-22(9-7-20)34-12-10-33(5)11-13-34)31-24(18)29-21-14-19(27)15-23(16-21)37(35,36)32-26(2,3)4/h6-9,14-17,32H,10-13H2,1-5H3,(H2,28,29,30,31). The quantitative estimate of drug-likeness (QED) is 0.360. The van der Waals surface area contributed by atoms with E-state index in [1.54, 1.807) is 39.1 Å². The first-order chi connectivity index (χ1) is 17.4. The molecule has 1 fully saturated rings. The predicted octanol–water partition coefficient (Wildman–Crippen LogP) is 4.86.